The summed E-state index contributed by atoms with van der Waals surface area (Å²) in [5, 5.41) is 2.34. The molecule has 3 rings (SSSR count). The number of carbonyl (C=O) groups is 2. The number of rotatable bonds is 3. The van der Waals surface area contributed by atoms with Crippen LogP contribution in [0.5, 0.6) is 0 Å². The first-order valence-electron chi connectivity index (χ1n) is 7.83. The molecule has 0 aromatic heterocycles. The zero-order valence-electron chi connectivity index (χ0n) is 13.0. The lowest BCUT2D eigenvalue weighted by Gasteiger charge is -2.48. The molecule has 0 aromatic rings. The summed E-state index contributed by atoms with van der Waals surface area (Å²) >= 11 is 0. The standard InChI is InChI=1S/C15H16F6N2O2/c16-9-3-10(11(24)22-4-8-1-2-8)23(5-9)12(25)13(15(19,20)21)6-14(17,18)7-13/h4,9-10H,1-3,5-7H2,(H,22,24)/t9-,10+/m1/s1. The van der Waals surface area contributed by atoms with Crippen LogP contribution in [0.25, 0.3) is 0 Å². The third-order valence-electron chi connectivity index (χ3n) is 4.84. The maximum Gasteiger partial charge on any atom is 0.403 e. The number of nitrogens with zero attached hydrogens (tertiary/aromatic N) is 1. The maximum atomic E-state index is 13.7. The highest BCUT2D eigenvalue weighted by Gasteiger charge is 2.74. The van der Waals surface area contributed by atoms with Gasteiger partial charge in [0, 0.05) is 25.5 Å². The highest BCUT2D eigenvalue weighted by Crippen LogP contribution is 2.61. The van der Waals surface area contributed by atoms with E-state index < -0.39 is 67.3 Å². The Morgan fingerprint density at radius 2 is 1.80 bits per heavy atom. The molecule has 2 atom stereocenters. The number of allylic oxidation sites excluding steroid dienone is 1. The molecule has 25 heavy (non-hydrogen) atoms. The third kappa shape index (κ3) is 3.22. The number of halogens is 6. The van der Waals surface area contributed by atoms with E-state index in [0.717, 1.165) is 18.4 Å². The van der Waals surface area contributed by atoms with Gasteiger partial charge in [0.15, 0.2) is 5.41 Å². The molecule has 140 valence electrons. The predicted molar refractivity (Wildman–Crippen MR) is 73.1 cm³/mol. The first-order chi connectivity index (χ1) is 11.5. The van der Waals surface area contributed by atoms with Crippen molar-refractivity contribution in [2.45, 2.75) is 56.4 Å². The molecule has 2 amide bonds. The second kappa shape index (κ2) is 5.63. The van der Waals surface area contributed by atoms with Crippen molar-refractivity contribution in [1.29, 1.82) is 0 Å². The minimum absolute atomic E-state index is 0.453. The molecule has 3 aliphatic rings. The molecule has 0 unspecified atom stereocenters. The smallest absolute Gasteiger partial charge is 0.331 e. The summed E-state index contributed by atoms with van der Waals surface area (Å²) < 4.78 is 79.9. The van der Waals surface area contributed by atoms with Crippen molar-refractivity contribution in [3.63, 3.8) is 0 Å². The van der Waals surface area contributed by atoms with Crippen LogP contribution >= 0.6 is 0 Å². The van der Waals surface area contributed by atoms with E-state index in [1.165, 1.54) is 6.20 Å². The van der Waals surface area contributed by atoms with Crippen LogP contribution in [0.3, 0.4) is 0 Å². The number of likely N-dealkylation sites (tertiary alicyclic amines) is 1. The maximum absolute atomic E-state index is 13.7. The molecule has 0 radical (unpaired) electrons. The second-order valence-electron chi connectivity index (χ2n) is 6.91. The van der Waals surface area contributed by atoms with Crippen LogP contribution in [0.4, 0.5) is 26.3 Å². The first-order valence-corrected chi connectivity index (χ1v) is 7.83. The summed E-state index contributed by atoms with van der Waals surface area (Å²) in [7, 11) is 0. The molecule has 3 fully saturated rings. The van der Waals surface area contributed by atoms with Gasteiger partial charge in [-0.15, -0.1) is 0 Å². The van der Waals surface area contributed by atoms with Gasteiger partial charge < -0.3 is 10.2 Å². The first kappa shape index (κ1) is 18.1. The van der Waals surface area contributed by atoms with Gasteiger partial charge in [-0.2, -0.15) is 13.2 Å². The van der Waals surface area contributed by atoms with Crippen molar-refractivity contribution in [2.75, 3.05) is 6.54 Å². The summed E-state index contributed by atoms with van der Waals surface area (Å²) in [4.78, 5) is 25.0. The van der Waals surface area contributed by atoms with Gasteiger partial charge in [0.1, 0.15) is 12.2 Å². The van der Waals surface area contributed by atoms with Gasteiger partial charge in [-0.05, 0) is 12.8 Å². The molecule has 4 nitrogen and oxygen atoms in total. The SMILES string of the molecule is O=C(NC=C1CC1)[C@@H]1C[C@@H](F)CN1C(=O)C1(C(F)(F)F)CC(F)(F)C1. The lowest BCUT2D eigenvalue weighted by Crippen LogP contribution is -2.64. The van der Waals surface area contributed by atoms with Crippen molar-refractivity contribution >= 4 is 11.8 Å². The number of nitrogens with one attached hydrogen (secondary N) is 1. The fourth-order valence-electron chi connectivity index (χ4n) is 3.32. The largest absolute Gasteiger partial charge is 0.403 e. The van der Waals surface area contributed by atoms with Crippen molar-refractivity contribution in [3.05, 3.63) is 11.8 Å². The molecule has 0 bridgehead atoms. The van der Waals surface area contributed by atoms with Crippen molar-refractivity contribution in [1.82, 2.24) is 10.2 Å². The highest BCUT2D eigenvalue weighted by atomic mass is 19.4. The number of carbonyl (C=O) groups excluding carboxylic acids is 2. The number of hydrogen-bond donors (Lipinski definition) is 1. The fourth-order valence-corrected chi connectivity index (χ4v) is 3.32. The van der Waals surface area contributed by atoms with Crippen molar-refractivity contribution in [3.8, 4) is 0 Å². The summed E-state index contributed by atoms with van der Waals surface area (Å²) in [6.07, 6.45) is -7.73. The molecule has 0 spiro atoms. The Balaban J connectivity index is 1.80. The van der Waals surface area contributed by atoms with Crippen molar-refractivity contribution < 1.29 is 35.9 Å². The van der Waals surface area contributed by atoms with E-state index in [-0.39, 0.29) is 0 Å². The lowest BCUT2D eigenvalue weighted by atomic mass is 9.64. The zero-order valence-corrected chi connectivity index (χ0v) is 13.0. The monoisotopic (exact) mass is 370 g/mol. The van der Waals surface area contributed by atoms with E-state index in [9.17, 15) is 35.9 Å². The van der Waals surface area contributed by atoms with Crippen LogP contribution in [0.15, 0.2) is 11.8 Å². The van der Waals surface area contributed by atoms with E-state index in [1.54, 1.807) is 0 Å². The summed E-state index contributed by atoms with van der Waals surface area (Å²) in [5.41, 5.74) is -2.33. The second-order valence-corrected chi connectivity index (χ2v) is 6.91. The normalized spacial score (nSPS) is 29.8. The minimum Gasteiger partial charge on any atom is -0.331 e. The Hall–Kier alpha value is -1.74. The lowest BCUT2D eigenvalue weighted by molar-refractivity contribution is -0.299. The predicted octanol–water partition coefficient (Wildman–Crippen LogP) is 2.70. The molecular weight excluding hydrogens is 354 g/mol. The Bertz CT molecular complexity index is 616. The number of hydrogen-bond acceptors (Lipinski definition) is 2. The van der Waals surface area contributed by atoms with E-state index in [2.05, 4.69) is 5.32 Å². The average Bonchev–Trinajstić information content (AvgIpc) is 3.20. The molecule has 0 aromatic carbocycles. The van der Waals surface area contributed by atoms with Gasteiger partial charge in [0.05, 0.1) is 6.54 Å². The zero-order chi connectivity index (χ0) is 18.6. The molecule has 1 saturated heterocycles. The van der Waals surface area contributed by atoms with Gasteiger partial charge in [-0.1, -0.05) is 5.57 Å². The van der Waals surface area contributed by atoms with Crippen LogP contribution in [0, 0.1) is 5.41 Å². The number of alkyl halides is 6. The van der Waals surface area contributed by atoms with E-state index in [1.807, 2.05) is 0 Å². The van der Waals surface area contributed by atoms with E-state index >= 15 is 0 Å². The van der Waals surface area contributed by atoms with Crippen LogP contribution < -0.4 is 5.32 Å². The highest BCUT2D eigenvalue weighted by molar-refractivity contribution is 5.92. The Morgan fingerprint density at radius 3 is 2.28 bits per heavy atom. The Kier molecular flexibility index (Phi) is 4.07. The van der Waals surface area contributed by atoms with Crippen LogP contribution in [-0.2, 0) is 9.59 Å². The molecule has 1 heterocycles. The molecule has 10 heteroatoms. The van der Waals surface area contributed by atoms with Crippen LogP contribution in [0.1, 0.15) is 32.1 Å². The molecule has 2 aliphatic carbocycles. The van der Waals surface area contributed by atoms with Gasteiger partial charge in [0.2, 0.25) is 11.8 Å². The van der Waals surface area contributed by atoms with Gasteiger partial charge in [-0.25, -0.2) is 13.2 Å². The van der Waals surface area contributed by atoms with Crippen molar-refractivity contribution in [2.24, 2.45) is 5.41 Å². The third-order valence-corrected chi connectivity index (χ3v) is 4.84. The van der Waals surface area contributed by atoms with Crippen LogP contribution in [-0.4, -0.2) is 47.6 Å². The Labute approximate surface area is 139 Å². The summed E-state index contributed by atoms with van der Waals surface area (Å²) in [6.45, 7) is -0.711. The van der Waals surface area contributed by atoms with Gasteiger partial charge in [0.25, 0.3) is 5.92 Å². The number of amides is 2. The topological polar surface area (TPSA) is 49.4 Å². The summed E-state index contributed by atoms with van der Waals surface area (Å²) in [6, 6.07) is -1.44. The fraction of sp³-hybridized carbons (Fsp3) is 0.733. The minimum atomic E-state index is -5.20. The van der Waals surface area contributed by atoms with E-state index in [0.29, 0.717) is 4.90 Å². The molecule has 2 saturated carbocycles. The Morgan fingerprint density at radius 1 is 1.20 bits per heavy atom. The molecule has 1 aliphatic heterocycles. The van der Waals surface area contributed by atoms with Gasteiger partial charge >= 0.3 is 6.18 Å². The van der Waals surface area contributed by atoms with Gasteiger partial charge in [-0.3, -0.25) is 9.59 Å². The van der Waals surface area contributed by atoms with Crippen LogP contribution in [0.2, 0.25) is 0 Å². The summed E-state index contributed by atoms with van der Waals surface area (Å²) in [5.74, 6) is -6.06. The molecular formula is C15H16F6N2O2. The average molecular weight is 370 g/mol. The molecule has 1 N–H and O–H groups in total. The quantitative estimate of drug-likeness (QED) is 0.777. The van der Waals surface area contributed by atoms with E-state index in [4.69, 9.17) is 0 Å².